The van der Waals surface area contributed by atoms with Gasteiger partial charge in [0, 0.05) is 18.4 Å². The molecule has 1 aliphatic heterocycles. The van der Waals surface area contributed by atoms with Crippen LogP contribution in [0.1, 0.15) is 170 Å². The van der Waals surface area contributed by atoms with Crippen LogP contribution in [0.2, 0.25) is 18.1 Å². The molecule has 48 heavy (non-hydrogen) atoms. The smallest absolute Gasteiger partial charge is 0.192 e. The Labute approximate surface area is 298 Å². The van der Waals surface area contributed by atoms with E-state index in [2.05, 4.69) is 85.0 Å². The fourth-order valence-corrected chi connectivity index (χ4v) is 7.84. The van der Waals surface area contributed by atoms with Gasteiger partial charge in [-0.25, -0.2) is 0 Å². The number of allylic oxidation sites excluding steroid dienone is 6. The third kappa shape index (κ3) is 17.1. The van der Waals surface area contributed by atoms with Crippen molar-refractivity contribution in [3.63, 3.8) is 0 Å². The molecule has 276 valence electrons. The highest BCUT2D eigenvalue weighted by molar-refractivity contribution is 6.74. The molecule has 0 aromatic rings. The van der Waals surface area contributed by atoms with E-state index in [0.29, 0.717) is 13.0 Å². The third-order valence-electron chi connectivity index (χ3n) is 11.0. The Balaban J connectivity index is 1.85. The fourth-order valence-electron chi connectivity index (χ4n) is 6.53. The van der Waals surface area contributed by atoms with Gasteiger partial charge in [0.05, 0.1) is 12.7 Å². The SMILES string of the molecule is CCCCCCCC/C=C\CCCCCCCC(=O)/C=C1\[C@@H](O[Si](C)(C)C(C)(C)C)CC[C@@]1(C)/C=C/C/C(C)=C/COC1CCCCO1. The third-order valence-corrected chi connectivity index (χ3v) is 15.4. The molecule has 1 aliphatic carbocycles. The first-order valence-electron chi connectivity index (χ1n) is 20.0. The van der Waals surface area contributed by atoms with E-state index in [1.54, 1.807) is 0 Å². The number of carbonyl (C=O) groups excluding carboxylic acids is 1. The Morgan fingerprint density at radius 3 is 2.19 bits per heavy atom. The lowest BCUT2D eigenvalue weighted by Crippen LogP contribution is -2.44. The van der Waals surface area contributed by atoms with Crippen molar-refractivity contribution in [1.82, 2.24) is 0 Å². The maximum absolute atomic E-state index is 13.4. The van der Waals surface area contributed by atoms with Gasteiger partial charge >= 0.3 is 0 Å². The van der Waals surface area contributed by atoms with Gasteiger partial charge in [-0.1, -0.05) is 122 Å². The lowest BCUT2D eigenvalue weighted by molar-refractivity contribution is -0.155. The topological polar surface area (TPSA) is 44.8 Å². The van der Waals surface area contributed by atoms with Crippen molar-refractivity contribution in [3.8, 4) is 0 Å². The maximum Gasteiger partial charge on any atom is 0.192 e. The van der Waals surface area contributed by atoms with Crippen LogP contribution in [0.25, 0.3) is 0 Å². The molecule has 1 saturated carbocycles. The van der Waals surface area contributed by atoms with E-state index >= 15 is 0 Å². The Morgan fingerprint density at radius 1 is 0.917 bits per heavy atom. The van der Waals surface area contributed by atoms with E-state index in [9.17, 15) is 4.79 Å². The van der Waals surface area contributed by atoms with Crippen LogP contribution in [0.3, 0.4) is 0 Å². The van der Waals surface area contributed by atoms with Crippen molar-refractivity contribution >= 4 is 14.1 Å². The van der Waals surface area contributed by atoms with Gasteiger partial charge in [0.1, 0.15) is 0 Å². The van der Waals surface area contributed by atoms with Crippen LogP contribution in [-0.4, -0.2) is 39.7 Å². The Hall–Kier alpha value is -1.27. The molecular formula is C43H76O4Si. The van der Waals surface area contributed by atoms with E-state index in [1.165, 1.54) is 88.2 Å². The van der Waals surface area contributed by atoms with Gasteiger partial charge in [0.25, 0.3) is 0 Å². The second kappa shape index (κ2) is 23.2. The second-order valence-corrected chi connectivity index (χ2v) is 21.3. The van der Waals surface area contributed by atoms with Crippen molar-refractivity contribution in [3.05, 3.63) is 47.6 Å². The Kier molecular flexibility index (Phi) is 20.8. The number of hydrogen-bond donors (Lipinski definition) is 0. The van der Waals surface area contributed by atoms with Crippen LogP contribution in [0.4, 0.5) is 0 Å². The van der Waals surface area contributed by atoms with Gasteiger partial charge in [-0.2, -0.15) is 0 Å². The van der Waals surface area contributed by atoms with Crippen LogP contribution in [0.15, 0.2) is 47.6 Å². The Bertz CT molecular complexity index is 1010. The van der Waals surface area contributed by atoms with E-state index in [4.69, 9.17) is 13.9 Å². The molecule has 0 aromatic heterocycles. The highest BCUT2D eigenvalue weighted by Crippen LogP contribution is 2.48. The summed E-state index contributed by atoms with van der Waals surface area (Å²) in [5.41, 5.74) is 2.34. The maximum atomic E-state index is 13.4. The van der Waals surface area contributed by atoms with Gasteiger partial charge < -0.3 is 13.9 Å². The first-order valence-corrected chi connectivity index (χ1v) is 22.9. The molecule has 2 rings (SSSR count). The zero-order chi connectivity index (χ0) is 35.3. The highest BCUT2D eigenvalue weighted by Gasteiger charge is 2.45. The summed E-state index contributed by atoms with van der Waals surface area (Å²) in [6.07, 6.45) is 36.9. The summed E-state index contributed by atoms with van der Waals surface area (Å²) in [7, 11) is -1.98. The normalized spacial score (nSPS) is 23.7. The average molecular weight is 685 g/mol. The summed E-state index contributed by atoms with van der Waals surface area (Å²) < 4.78 is 18.6. The quantitative estimate of drug-likeness (QED) is 0.0439. The van der Waals surface area contributed by atoms with Crippen LogP contribution in [0.5, 0.6) is 0 Å². The lowest BCUT2D eigenvalue weighted by Gasteiger charge is -2.39. The predicted octanol–water partition coefficient (Wildman–Crippen LogP) is 13.1. The molecule has 4 nitrogen and oxygen atoms in total. The highest BCUT2D eigenvalue weighted by atomic mass is 28.4. The summed E-state index contributed by atoms with van der Waals surface area (Å²) in [6.45, 7) is 19.7. The Morgan fingerprint density at radius 2 is 1.56 bits per heavy atom. The number of ketones is 1. The number of rotatable bonds is 24. The average Bonchev–Trinajstić information content (AvgIpc) is 3.32. The molecule has 2 fully saturated rings. The molecule has 0 bridgehead atoms. The lowest BCUT2D eigenvalue weighted by atomic mass is 9.82. The predicted molar refractivity (Wildman–Crippen MR) is 209 cm³/mol. The minimum Gasteiger partial charge on any atom is -0.410 e. The van der Waals surface area contributed by atoms with Gasteiger partial charge in [-0.05, 0) is 107 Å². The molecule has 1 heterocycles. The van der Waals surface area contributed by atoms with Gasteiger partial charge in [0.15, 0.2) is 20.4 Å². The molecule has 0 radical (unpaired) electrons. The van der Waals surface area contributed by atoms with Gasteiger partial charge in [-0.15, -0.1) is 0 Å². The summed E-state index contributed by atoms with van der Waals surface area (Å²) in [6, 6.07) is 0. The summed E-state index contributed by atoms with van der Waals surface area (Å²) in [5.74, 6) is 0.270. The molecule has 2 aliphatic rings. The molecule has 1 saturated heterocycles. The standard InChI is InChI=1S/C43H76O4Si/c1-9-10-11-12-13-14-15-16-17-18-19-20-21-22-23-28-38(44)36-39-40(47-48(7,8)42(3,4)5)30-33-43(39,6)32-26-27-37(2)31-35-46-41-29-24-25-34-45-41/h16-17,26,31-32,36,40-41H,9-15,18-25,27-30,33-35H2,1-8H3/b17-16-,32-26+,37-31+,39-36+/t40-,41?,43+/m0/s1. The zero-order valence-electron chi connectivity index (χ0n) is 32.8. The molecular weight excluding hydrogens is 609 g/mol. The molecule has 3 atom stereocenters. The minimum atomic E-state index is -1.98. The van der Waals surface area contributed by atoms with E-state index in [1.807, 2.05) is 6.08 Å². The number of carbonyl (C=O) groups is 1. The molecule has 0 amide bonds. The molecule has 5 heteroatoms. The largest absolute Gasteiger partial charge is 0.410 e. The summed E-state index contributed by atoms with van der Waals surface area (Å²) in [5, 5.41) is 0.132. The van der Waals surface area contributed by atoms with Crippen molar-refractivity contribution < 1.29 is 18.7 Å². The first kappa shape index (κ1) is 42.9. The first-order chi connectivity index (χ1) is 22.9. The zero-order valence-corrected chi connectivity index (χ0v) is 33.8. The van der Waals surface area contributed by atoms with E-state index in [0.717, 1.165) is 51.6 Å². The monoisotopic (exact) mass is 685 g/mol. The van der Waals surface area contributed by atoms with Crippen molar-refractivity contribution in [1.29, 1.82) is 0 Å². The van der Waals surface area contributed by atoms with Crippen molar-refractivity contribution in [2.75, 3.05) is 13.2 Å². The van der Waals surface area contributed by atoms with Crippen LogP contribution >= 0.6 is 0 Å². The van der Waals surface area contributed by atoms with E-state index in [-0.39, 0.29) is 28.6 Å². The van der Waals surface area contributed by atoms with Crippen LogP contribution < -0.4 is 0 Å². The minimum absolute atomic E-state index is 0.0270. The number of hydrogen-bond acceptors (Lipinski definition) is 4. The molecule has 0 aromatic carbocycles. The van der Waals surface area contributed by atoms with Gasteiger partial charge in [-0.3, -0.25) is 4.79 Å². The van der Waals surface area contributed by atoms with Crippen LogP contribution in [-0.2, 0) is 18.7 Å². The number of unbranched alkanes of at least 4 members (excludes halogenated alkanes) is 11. The summed E-state index contributed by atoms with van der Waals surface area (Å²) >= 11 is 0. The molecule has 1 unspecified atom stereocenters. The fraction of sp³-hybridized carbons (Fsp3) is 0.791. The van der Waals surface area contributed by atoms with Gasteiger partial charge in [0.2, 0.25) is 0 Å². The number of ether oxygens (including phenoxy) is 2. The van der Waals surface area contributed by atoms with Crippen molar-refractivity contribution in [2.24, 2.45) is 5.41 Å². The summed E-state index contributed by atoms with van der Waals surface area (Å²) in [4.78, 5) is 13.4. The van der Waals surface area contributed by atoms with E-state index < -0.39 is 8.32 Å². The second-order valence-electron chi connectivity index (χ2n) is 16.5. The van der Waals surface area contributed by atoms with Crippen LogP contribution in [0, 0.1) is 5.41 Å². The van der Waals surface area contributed by atoms with Crippen molar-refractivity contribution in [2.45, 2.75) is 200 Å². The molecule has 0 spiro atoms. The molecule has 0 N–H and O–H groups in total.